The predicted octanol–water partition coefficient (Wildman–Crippen LogP) is 4.49. The number of methoxy groups -OCH3 is 3. The van der Waals surface area contributed by atoms with Crippen LogP contribution in [0.1, 0.15) is 34.1 Å². The normalized spacial score (nSPS) is 14.9. The van der Waals surface area contributed by atoms with Crippen molar-refractivity contribution >= 4 is 29.2 Å². The Morgan fingerprint density at radius 2 is 1.71 bits per heavy atom. The highest BCUT2D eigenvalue weighted by Crippen LogP contribution is 2.36. The zero-order valence-electron chi connectivity index (χ0n) is 19.3. The lowest BCUT2D eigenvalue weighted by atomic mass is 10.0. The minimum atomic E-state index is -0.758. The van der Waals surface area contributed by atoms with E-state index in [0.29, 0.717) is 34.4 Å². The van der Waals surface area contributed by atoms with Gasteiger partial charge in [-0.25, -0.2) is 9.80 Å². The average molecular weight is 499 g/mol. The molecule has 0 saturated heterocycles. The van der Waals surface area contributed by atoms with Crippen LogP contribution in [0.5, 0.6) is 17.2 Å². The van der Waals surface area contributed by atoms with Crippen molar-refractivity contribution in [2.24, 2.45) is 5.10 Å². The summed E-state index contributed by atoms with van der Waals surface area (Å²) < 4.78 is 26.6. The van der Waals surface area contributed by atoms with E-state index in [4.69, 9.17) is 35.0 Å². The first-order valence-electron chi connectivity index (χ1n) is 10.6. The average Bonchev–Trinajstić information content (AvgIpc) is 3.57. The van der Waals surface area contributed by atoms with Gasteiger partial charge in [0, 0.05) is 23.6 Å². The number of hydrogen-bond donors (Lipinski definition) is 0. The number of hydrogen-bond acceptors (Lipinski definition) is 8. The van der Waals surface area contributed by atoms with Crippen molar-refractivity contribution in [3.05, 3.63) is 76.7 Å². The van der Waals surface area contributed by atoms with Crippen LogP contribution in [0.2, 0.25) is 5.02 Å². The summed E-state index contributed by atoms with van der Waals surface area (Å²) in [7, 11) is 4.33. The van der Waals surface area contributed by atoms with Gasteiger partial charge in [0.15, 0.2) is 18.1 Å². The molecule has 10 heteroatoms. The van der Waals surface area contributed by atoms with Gasteiger partial charge in [0.1, 0.15) is 23.1 Å². The quantitative estimate of drug-likeness (QED) is 0.422. The molecule has 0 fully saturated rings. The third-order valence-electron chi connectivity index (χ3n) is 5.47. The zero-order chi connectivity index (χ0) is 24.9. The van der Waals surface area contributed by atoms with Crippen LogP contribution in [0.4, 0.5) is 0 Å². The lowest BCUT2D eigenvalue weighted by Gasteiger charge is -2.20. The fraction of sp³-hybridized carbons (Fsp3) is 0.240. The summed E-state index contributed by atoms with van der Waals surface area (Å²) in [6.07, 6.45) is 1.96. The summed E-state index contributed by atoms with van der Waals surface area (Å²) in [5, 5.41) is 6.38. The summed E-state index contributed by atoms with van der Waals surface area (Å²) in [6.45, 7) is -0.537. The smallest absolute Gasteiger partial charge is 0.342 e. The molecule has 1 aliphatic heterocycles. The molecule has 1 atom stereocenters. The zero-order valence-corrected chi connectivity index (χ0v) is 20.1. The largest absolute Gasteiger partial charge is 0.496 e. The Balaban J connectivity index is 1.53. The van der Waals surface area contributed by atoms with E-state index in [1.165, 1.54) is 44.7 Å². The molecule has 1 aliphatic rings. The van der Waals surface area contributed by atoms with Gasteiger partial charge < -0.3 is 23.4 Å². The second-order valence-corrected chi connectivity index (χ2v) is 7.95. The molecule has 3 aromatic rings. The van der Waals surface area contributed by atoms with Crippen LogP contribution in [0.15, 0.2) is 64.3 Å². The van der Waals surface area contributed by atoms with Crippen LogP contribution in [0, 0.1) is 0 Å². The molecule has 1 amide bonds. The fourth-order valence-corrected chi connectivity index (χ4v) is 3.85. The van der Waals surface area contributed by atoms with Crippen molar-refractivity contribution in [1.82, 2.24) is 5.01 Å². The summed E-state index contributed by atoms with van der Waals surface area (Å²) >= 11 is 5.99. The van der Waals surface area contributed by atoms with Gasteiger partial charge in [-0.1, -0.05) is 23.7 Å². The lowest BCUT2D eigenvalue weighted by molar-refractivity contribution is -0.136. The van der Waals surface area contributed by atoms with E-state index in [1.54, 1.807) is 24.3 Å². The maximum Gasteiger partial charge on any atom is 0.342 e. The van der Waals surface area contributed by atoms with Crippen molar-refractivity contribution in [3.63, 3.8) is 0 Å². The van der Waals surface area contributed by atoms with E-state index in [-0.39, 0.29) is 11.3 Å². The van der Waals surface area contributed by atoms with Crippen molar-refractivity contribution < 1.29 is 33.0 Å². The van der Waals surface area contributed by atoms with E-state index in [0.717, 1.165) is 5.56 Å². The van der Waals surface area contributed by atoms with Crippen LogP contribution in [-0.2, 0) is 9.53 Å². The predicted molar refractivity (Wildman–Crippen MR) is 127 cm³/mol. The number of nitrogens with zero attached hydrogens (tertiary/aromatic N) is 2. The molecule has 0 saturated carbocycles. The molecule has 0 N–H and O–H groups in total. The van der Waals surface area contributed by atoms with Gasteiger partial charge >= 0.3 is 5.97 Å². The fourth-order valence-electron chi connectivity index (χ4n) is 3.72. The van der Waals surface area contributed by atoms with E-state index in [2.05, 4.69) is 5.10 Å². The van der Waals surface area contributed by atoms with E-state index < -0.39 is 24.5 Å². The number of amides is 1. The SMILES string of the molecule is COc1cc(OC)c(C(=O)OCC(=O)N2N=C(c3ccc(Cl)cc3)C[C@H]2c2ccco2)cc1OC. The molecule has 182 valence electrons. The lowest BCUT2D eigenvalue weighted by Crippen LogP contribution is -2.31. The first-order chi connectivity index (χ1) is 16.9. The summed E-state index contributed by atoms with van der Waals surface area (Å²) in [6, 6.07) is 13.1. The molecule has 0 unspecified atom stereocenters. The number of carbonyl (C=O) groups is 2. The maximum absolute atomic E-state index is 13.1. The van der Waals surface area contributed by atoms with Gasteiger partial charge in [-0.15, -0.1) is 0 Å². The number of halogens is 1. The maximum atomic E-state index is 13.1. The van der Waals surface area contributed by atoms with Gasteiger partial charge in [-0.2, -0.15) is 5.10 Å². The standard InChI is InChI=1S/C25H23ClN2O7/c1-31-21-13-23(33-3)22(32-2)11-17(21)25(30)35-14-24(29)28-19(20-5-4-10-34-20)12-18(27-28)15-6-8-16(26)9-7-15/h4-11,13,19H,12,14H2,1-3H3/t19-/m0/s1. The van der Waals surface area contributed by atoms with Gasteiger partial charge in [0.2, 0.25) is 0 Å². The number of benzene rings is 2. The molecule has 2 aromatic carbocycles. The van der Waals surface area contributed by atoms with Crippen LogP contribution in [0.25, 0.3) is 0 Å². The van der Waals surface area contributed by atoms with Gasteiger partial charge in [-0.05, 0) is 29.8 Å². The van der Waals surface area contributed by atoms with Crippen molar-refractivity contribution in [2.75, 3.05) is 27.9 Å². The molecule has 0 aliphatic carbocycles. The summed E-state index contributed by atoms with van der Waals surface area (Å²) in [5.41, 5.74) is 1.60. The Kier molecular flexibility index (Phi) is 7.26. The minimum absolute atomic E-state index is 0.0901. The molecule has 9 nitrogen and oxygen atoms in total. The number of furan rings is 1. The summed E-state index contributed by atoms with van der Waals surface area (Å²) in [4.78, 5) is 25.9. The monoisotopic (exact) mass is 498 g/mol. The number of rotatable bonds is 8. The Labute approximate surface area is 206 Å². The third kappa shape index (κ3) is 5.09. The molecule has 1 aromatic heterocycles. The van der Waals surface area contributed by atoms with Gasteiger partial charge in [-0.3, -0.25) is 4.79 Å². The van der Waals surface area contributed by atoms with Crippen LogP contribution < -0.4 is 14.2 Å². The Hall–Kier alpha value is -3.98. The topological polar surface area (TPSA) is 99.8 Å². The van der Waals surface area contributed by atoms with Crippen LogP contribution in [0.3, 0.4) is 0 Å². The van der Waals surface area contributed by atoms with Crippen molar-refractivity contribution in [2.45, 2.75) is 12.5 Å². The number of carbonyl (C=O) groups excluding carboxylic acids is 2. The molecule has 0 radical (unpaired) electrons. The summed E-state index contributed by atoms with van der Waals surface area (Å²) in [5.74, 6) is 0.229. The highest BCUT2D eigenvalue weighted by Gasteiger charge is 2.35. The highest BCUT2D eigenvalue weighted by atomic mass is 35.5. The molecular formula is C25H23ClN2O7. The number of ether oxygens (including phenoxy) is 4. The Morgan fingerprint density at radius 3 is 2.34 bits per heavy atom. The highest BCUT2D eigenvalue weighted by molar-refractivity contribution is 6.30. The van der Waals surface area contributed by atoms with Gasteiger partial charge in [0.25, 0.3) is 5.91 Å². The van der Waals surface area contributed by atoms with Gasteiger partial charge in [0.05, 0.1) is 33.3 Å². The van der Waals surface area contributed by atoms with Crippen LogP contribution in [-0.4, -0.2) is 50.5 Å². The molecule has 4 rings (SSSR count). The Bertz CT molecular complexity index is 1240. The van der Waals surface area contributed by atoms with Crippen LogP contribution >= 0.6 is 11.6 Å². The molecule has 35 heavy (non-hydrogen) atoms. The molecule has 0 spiro atoms. The minimum Gasteiger partial charge on any atom is -0.496 e. The van der Waals surface area contributed by atoms with E-state index in [1.807, 2.05) is 12.1 Å². The second-order valence-electron chi connectivity index (χ2n) is 7.51. The first kappa shape index (κ1) is 24.2. The number of esters is 1. The number of hydrazone groups is 1. The van der Waals surface area contributed by atoms with E-state index >= 15 is 0 Å². The first-order valence-corrected chi connectivity index (χ1v) is 11.0. The third-order valence-corrected chi connectivity index (χ3v) is 5.72. The van der Waals surface area contributed by atoms with Crippen molar-refractivity contribution in [1.29, 1.82) is 0 Å². The second kappa shape index (κ2) is 10.5. The van der Waals surface area contributed by atoms with E-state index in [9.17, 15) is 9.59 Å². The Morgan fingerprint density at radius 1 is 1.03 bits per heavy atom. The molecule has 0 bridgehead atoms. The van der Waals surface area contributed by atoms with Crippen molar-refractivity contribution in [3.8, 4) is 17.2 Å². The molecular weight excluding hydrogens is 476 g/mol. The molecule has 2 heterocycles.